The zero-order chi connectivity index (χ0) is 16.9. The van der Waals surface area contributed by atoms with Gasteiger partial charge in [-0.1, -0.05) is 24.3 Å². The number of rotatable bonds is 8. The van der Waals surface area contributed by atoms with Gasteiger partial charge in [0.25, 0.3) is 0 Å². The van der Waals surface area contributed by atoms with E-state index < -0.39 is 0 Å². The summed E-state index contributed by atoms with van der Waals surface area (Å²) in [5, 5.41) is 15.0. The van der Waals surface area contributed by atoms with Gasteiger partial charge in [0.1, 0.15) is 0 Å². The Balaban J connectivity index is 1.84. The fourth-order valence-corrected chi connectivity index (χ4v) is 2.41. The Labute approximate surface area is 139 Å². The van der Waals surface area contributed by atoms with Gasteiger partial charge >= 0.3 is 6.03 Å². The summed E-state index contributed by atoms with van der Waals surface area (Å²) in [4.78, 5) is 14.2. The molecule has 0 bridgehead atoms. The fourth-order valence-electron chi connectivity index (χ4n) is 2.41. The number of carbonyl (C=O) groups is 1. The van der Waals surface area contributed by atoms with Crippen LogP contribution in [0.25, 0.3) is 0 Å². The number of urea groups is 1. The largest absolute Gasteiger partial charge is 0.396 e. The third-order valence-corrected chi connectivity index (χ3v) is 4.78. The van der Waals surface area contributed by atoms with Crippen LogP contribution in [0.2, 0.25) is 0 Å². The van der Waals surface area contributed by atoms with Gasteiger partial charge in [-0.05, 0) is 44.9 Å². The van der Waals surface area contributed by atoms with Crippen LogP contribution in [-0.2, 0) is 13.1 Å². The van der Waals surface area contributed by atoms with Gasteiger partial charge < -0.3 is 15.7 Å². The molecule has 3 N–H and O–H groups in total. The van der Waals surface area contributed by atoms with Crippen molar-refractivity contribution in [2.45, 2.75) is 45.8 Å². The molecule has 1 aliphatic rings. The lowest BCUT2D eigenvalue weighted by Gasteiger charge is -2.22. The molecule has 1 aromatic carbocycles. The molecule has 0 atom stereocenters. The van der Waals surface area contributed by atoms with Crippen LogP contribution >= 0.6 is 0 Å². The normalized spacial score (nSPS) is 15.7. The monoisotopic (exact) mass is 319 g/mol. The Morgan fingerprint density at radius 1 is 1.26 bits per heavy atom. The molecule has 1 aliphatic carbocycles. The van der Waals surface area contributed by atoms with Crippen LogP contribution in [0.3, 0.4) is 0 Å². The van der Waals surface area contributed by atoms with Crippen molar-refractivity contribution < 1.29 is 9.90 Å². The van der Waals surface area contributed by atoms with Crippen LogP contribution in [0.4, 0.5) is 4.79 Å². The quantitative estimate of drug-likeness (QED) is 0.687. The van der Waals surface area contributed by atoms with Gasteiger partial charge in [0.15, 0.2) is 0 Å². The minimum absolute atomic E-state index is 0.0603. The van der Waals surface area contributed by atoms with E-state index in [1.807, 2.05) is 12.1 Å². The van der Waals surface area contributed by atoms with Crippen LogP contribution in [0.1, 0.15) is 37.8 Å². The second-order valence-corrected chi connectivity index (χ2v) is 6.97. The molecule has 2 amide bonds. The standard InChI is InChI=1S/C18H29N3O2/c1-14(2)21(3)11-16-7-5-4-6-15(16)10-19-17(23)20-12-18(13-22)8-9-18/h4-7,14,22H,8-13H2,1-3H3,(H2,19,20,23). The highest BCUT2D eigenvalue weighted by molar-refractivity contribution is 5.74. The highest BCUT2D eigenvalue weighted by Gasteiger charge is 2.42. The second kappa shape index (κ2) is 7.79. The number of hydrogen-bond donors (Lipinski definition) is 3. The highest BCUT2D eigenvalue weighted by Crippen LogP contribution is 2.44. The number of nitrogens with one attached hydrogen (secondary N) is 2. The molecule has 0 saturated heterocycles. The Kier molecular flexibility index (Phi) is 6.02. The Hall–Kier alpha value is -1.59. The molecular formula is C18H29N3O2. The van der Waals surface area contributed by atoms with Crippen LogP contribution in [0, 0.1) is 5.41 Å². The maximum atomic E-state index is 11.9. The van der Waals surface area contributed by atoms with Crippen molar-refractivity contribution in [3.05, 3.63) is 35.4 Å². The highest BCUT2D eigenvalue weighted by atomic mass is 16.3. The van der Waals surface area contributed by atoms with E-state index in [0.29, 0.717) is 19.1 Å². The van der Waals surface area contributed by atoms with E-state index in [9.17, 15) is 9.90 Å². The number of hydrogen-bond acceptors (Lipinski definition) is 3. The first-order valence-corrected chi connectivity index (χ1v) is 8.35. The maximum Gasteiger partial charge on any atom is 0.315 e. The van der Waals surface area contributed by atoms with E-state index in [0.717, 1.165) is 24.9 Å². The Morgan fingerprint density at radius 2 is 1.91 bits per heavy atom. The first-order valence-electron chi connectivity index (χ1n) is 8.35. The summed E-state index contributed by atoms with van der Waals surface area (Å²) < 4.78 is 0. The van der Waals surface area contributed by atoms with Crippen molar-refractivity contribution in [1.29, 1.82) is 0 Å². The molecule has 0 radical (unpaired) electrons. The summed E-state index contributed by atoms with van der Waals surface area (Å²) in [5.41, 5.74) is 2.31. The third kappa shape index (κ3) is 5.22. The Morgan fingerprint density at radius 3 is 2.48 bits per heavy atom. The molecule has 128 valence electrons. The van der Waals surface area contributed by atoms with Gasteiger partial charge in [-0.15, -0.1) is 0 Å². The molecule has 5 nitrogen and oxygen atoms in total. The first-order chi connectivity index (χ1) is 11.0. The average Bonchev–Trinajstić information content (AvgIpc) is 3.32. The van der Waals surface area contributed by atoms with Crippen LogP contribution in [0.15, 0.2) is 24.3 Å². The predicted octanol–water partition coefficient (Wildman–Crippen LogP) is 2.10. The van der Waals surface area contributed by atoms with Crippen molar-refractivity contribution in [1.82, 2.24) is 15.5 Å². The van der Waals surface area contributed by atoms with E-state index in [-0.39, 0.29) is 18.1 Å². The molecule has 1 aromatic rings. The summed E-state index contributed by atoms with van der Waals surface area (Å²) in [5.74, 6) is 0. The minimum Gasteiger partial charge on any atom is -0.396 e. The molecule has 0 aliphatic heterocycles. The van der Waals surface area contributed by atoms with Gasteiger partial charge in [0.2, 0.25) is 0 Å². The SMILES string of the molecule is CC(C)N(C)Cc1ccccc1CNC(=O)NCC1(CO)CC1. The van der Waals surface area contributed by atoms with E-state index >= 15 is 0 Å². The molecule has 1 saturated carbocycles. The lowest BCUT2D eigenvalue weighted by Crippen LogP contribution is -2.39. The van der Waals surface area contributed by atoms with Crippen molar-refractivity contribution in [2.75, 3.05) is 20.2 Å². The number of aliphatic hydroxyl groups is 1. The molecular weight excluding hydrogens is 290 g/mol. The van der Waals surface area contributed by atoms with E-state index in [4.69, 9.17) is 0 Å². The number of benzene rings is 1. The number of amides is 2. The van der Waals surface area contributed by atoms with Crippen molar-refractivity contribution in [2.24, 2.45) is 5.41 Å². The fraction of sp³-hybridized carbons (Fsp3) is 0.611. The molecule has 0 heterocycles. The maximum absolute atomic E-state index is 11.9. The van der Waals surface area contributed by atoms with Crippen molar-refractivity contribution in [3.63, 3.8) is 0 Å². The molecule has 1 fully saturated rings. The first kappa shape index (κ1) is 17.8. The summed E-state index contributed by atoms with van der Waals surface area (Å²) in [6.45, 7) is 6.42. The minimum atomic E-state index is -0.170. The molecule has 0 unspecified atom stereocenters. The van der Waals surface area contributed by atoms with Crippen molar-refractivity contribution >= 4 is 6.03 Å². The van der Waals surface area contributed by atoms with E-state index in [1.165, 1.54) is 5.56 Å². The smallest absolute Gasteiger partial charge is 0.315 e. The molecule has 2 rings (SSSR count). The third-order valence-electron chi connectivity index (χ3n) is 4.78. The van der Waals surface area contributed by atoms with Crippen LogP contribution < -0.4 is 10.6 Å². The molecule has 5 heteroatoms. The second-order valence-electron chi connectivity index (χ2n) is 6.97. The van der Waals surface area contributed by atoms with Gasteiger partial charge in [-0.3, -0.25) is 4.90 Å². The lowest BCUT2D eigenvalue weighted by atomic mass is 10.1. The van der Waals surface area contributed by atoms with E-state index in [1.54, 1.807) is 0 Å². The van der Waals surface area contributed by atoms with Gasteiger partial charge in [0.05, 0.1) is 6.61 Å². The average molecular weight is 319 g/mol. The summed E-state index contributed by atoms with van der Waals surface area (Å²) >= 11 is 0. The predicted molar refractivity (Wildman–Crippen MR) is 92.0 cm³/mol. The topological polar surface area (TPSA) is 64.6 Å². The lowest BCUT2D eigenvalue weighted by molar-refractivity contribution is 0.203. The zero-order valence-electron chi connectivity index (χ0n) is 14.4. The van der Waals surface area contributed by atoms with Gasteiger partial charge in [-0.25, -0.2) is 4.79 Å². The summed E-state index contributed by atoms with van der Waals surface area (Å²) in [6.07, 6.45) is 1.99. The van der Waals surface area contributed by atoms with Crippen molar-refractivity contribution in [3.8, 4) is 0 Å². The molecule has 23 heavy (non-hydrogen) atoms. The molecule has 0 aromatic heterocycles. The summed E-state index contributed by atoms with van der Waals surface area (Å²) in [6, 6.07) is 8.51. The number of carbonyl (C=O) groups excluding carboxylic acids is 1. The van der Waals surface area contributed by atoms with E-state index in [2.05, 4.69) is 48.6 Å². The Bertz CT molecular complexity index is 527. The van der Waals surface area contributed by atoms with Crippen LogP contribution in [-0.4, -0.2) is 42.3 Å². The zero-order valence-corrected chi connectivity index (χ0v) is 14.4. The van der Waals surface area contributed by atoms with Crippen LogP contribution in [0.5, 0.6) is 0 Å². The number of aliphatic hydroxyl groups excluding tert-OH is 1. The summed E-state index contributed by atoms with van der Waals surface area (Å²) in [7, 11) is 2.10. The van der Waals surface area contributed by atoms with Gasteiger partial charge in [0, 0.05) is 31.1 Å². The van der Waals surface area contributed by atoms with Gasteiger partial charge in [-0.2, -0.15) is 0 Å². The number of nitrogens with zero attached hydrogens (tertiary/aromatic N) is 1. The molecule has 0 spiro atoms.